The van der Waals surface area contributed by atoms with Crippen LogP contribution in [-0.4, -0.2) is 6.54 Å². The van der Waals surface area contributed by atoms with E-state index in [-0.39, 0.29) is 17.5 Å². The summed E-state index contributed by atoms with van der Waals surface area (Å²) in [5.74, 6) is 0. The van der Waals surface area contributed by atoms with Gasteiger partial charge in [-0.1, -0.05) is 0 Å². The summed E-state index contributed by atoms with van der Waals surface area (Å²) in [5, 5.41) is 10.5. The second-order valence-corrected chi connectivity index (χ2v) is 5.52. The molecule has 0 saturated heterocycles. The molecule has 0 aromatic carbocycles. The average molecular weight is 328 g/mol. The molecule has 0 saturated carbocycles. The first-order chi connectivity index (χ1) is 3.31. The molecule has 0 amide bonds. The van der Waals surface area contributed by atoms with E-state index < -0.39 is 0 Å². The fourth-order valence-electron chi connectivity index (χ4n) is 0.232. The van der Waals surface area contributed by atoms with E-state index in [1.807, 2.05) is 6.92 Å². The number of hydrogen-bond donors (Lipinski definition) is 1. The zero-order valence-corrected chi connectivity index (χ0v) is 8.39. The van der Waals surface area contributed by atoms with Crippen molar-refractivity contribution in [2.24, 2.45) is 0 Å². The van der Waals surface area contributed by atoms with E-state index in [9.17, 15) is 5.21 Å². The van der Waals surface area contributed by atoms with Gasteiger partial charge in [0.15, 0.2) is 0 Å². The molecular formula is C3H8I2NO-. The molecule has 1 N–H and O–H groups in total. The topological polar surface area (TPSA) is 27.5 Å². The van der Waals surface area contributed by atoms with Crippen molar-refractivity contribution in [1.29, 1.82) is 0 Å². The van der Waals surface area contributed by atoms with E-state index in [4.69, 9.17) is 0 Å². The first-order valence-electron chi connectivity index (χ1n) is 2.10. The molecule has 0 radical (unpaired) electrons. The third-order valence-electron chi connectivity index (χ3n) is 0.526. The quantitative estimate of drug-likeness (QED) is 0.337. The Hall–Kier alpha value is 1.38. The van der Waals surface area contributed by atoms with Crippen LogP contribution in [0.5, 0.6) is 0 Å². The van der Waals surface area contributed by atoms with Crippen LogP contribution in [0.1, 0.15) is 13.3 Å². The molecule has 0 heterocycles. The fraction of sp³-hybridized carbons (Fsp3) is 1.00. The maximum atomic E-state index is 10.5. The summed E-state index contributed by atoms with van der Waals surface area (Å²) in [6.07, 6.45) is 1.02. The van der Waals surface area contributed by atoms with Gasteiger partial charge in [0.25, 0.3) is 0 Å². The van der Waals surface area contributed by atoms with Gasteiger partial charge in [-0.15, -0.1) is 0 Å². The number of hydroxylamine groups is 1. The van der Waals surface area contributed by atoms with Crippen molar-refractivity contribution in [2.75, 3.05) is 6.54 Å². The molecule has 0 aliphatic heterocycles. The van der Waals surface area contributed by atoms with Crippen molar-refractivity contribution in [3.8, 4) is 0 Å². The normalized spacial score (nSPS) is 14.7. The van der Waals surface area contributed by atoms with Crippen LogP contribution in [0.2, 0.25) is 0 Å². The van der Waals surface area contributed by atoms with E-state index in [1.165, 1.54) is 0 Å². The van der Waals surface area contributed by atoms with Gasteiger partial charge in [0.2, 0.25) is 0 Å². The van der Waals surface area contributed by atoms with Crippen LogP contribution in [0, 0.1) is 5.21 Å². The molecule has 0 aliphatic carbocycles. The fourth-order valence-corrected chi connectivity index (χ4v) is 2.34. The van der Waals surface area contributed by atoms with Crippen LogP contribution in [-0.2, 0) is 0 Å². The van der Waals surface area contributed by atoms with Crippen LogP contribution in [0.3, 0.4) is 0 Å². The number of hydrogen-bond acceptors (Lipinski definition) is 1. The summed E-state index contributed by atoms with van der Waals surface area (Å²) >= 11 is 2.07. The predicted molar refractivity (Wildman–Crippen MR) is 33.5 cm³/mol. The van der Waals surface area contributed by atoms with Gasteiger partial charge in [-0.2, -0.15) is 0 Å². The minimum absolute atomic E-state index is 0.131. The average Bonchev–Trinajstić information content (AvgIpc) is 1.68. The zero-order chi connectivity index (χ0) is 5.70. The summed E-state index contributed by atoms with van der Waals surface area (Å²) in [7, 11) is 0. The van der Waals surface area contributed by atoms with Gasteiger partial charge >= 0.3 is 64.5 Å². The molecule has 1 atom stereocenters. The van der Waals surface area contributed by atoms with Gasteiger partial charge in [0.1, 0.15) is 0 Å². The second kappa shape index (κ2) is 5.52. The summed E-state index contributed by atoms with van der Waals surface area (Å²) in [5.41, 5.74) is 0. The van der Waals surface area contributed by atoms with Crippen LogP contribution in [0.25, 0.3) is 0 Å². The predicted octanol–water partition coefficient (Wildman–Crippen LogP) is -2.87. The van der Waals surface area contributed by atoms with Crippen molar-refractivity contribution >= 4 is 18.6 Å². The molecule has 2 nitrogen and oxygen atoms in total. The third-order valence-corrected chi connectivity index (χ3v) is 4.57. The van der Waals surface area contributed by atoms with Gasteiger partial charge in [-0.05, 0) is 0 Å². The summed E-state index contributed by atoms with van der Waals surface area (Å²) < 4.78 is 0.474. The van der Waals surface area contributed by atoms with Crippen molar-refractivity contribution in [2.45, 2.75) is 13.3 Å². The molecule has 0 aliphatic rings. The molecule has 1 unspecified atom stereocenters. The van der Waals surface area contributed by atoms with Gasteiger partial charge in [0, 0.05) is 0 Å². The van der Waals surface area contributed by atoms with Crippen molar-refractivity contribution < 1.29 is 20.8 Å². The van der Waals surface area contributed by atoms with Gasteiger partial charge in [-0.3, -0.25) is 0 Å². The monoisotopic (exact) mass is 328 g/mol. The van der Waals surface area contributed by atoms with Crippen LogP contribution in [0.15, 0.2) is 0 Å². The Morgan fingerprint density at radius 2 is 2.43 bits per heavy atom. The van der Waals surface area contributed by atoms with Crippen LogP contribution < -0.4 is 20.8 Å². The molecular weight excluding hydrogens is 320 g/mol. The number of rotatable bonds is 3. The SMILES string of the molecule is CCC[NH+]([O-])[I-]I. The summed E-state index contributed by atoms with van der Waals surface area (Å²) in [6.45, 7) is 2.84. The van der Waals surface area contributed by atoms with Gasteiger partial charge in [0.05, 0.1) is 0 Å². The Morgan fingerprint density at radius 1 is 1.86 bits per heavy atom. The van der Waals surface area contributed by atoms with Crippen LogP contribution in [0.4, 0.5) is 0 Å². The molecule has 46 valence electrons. The van der Waals surface area contributed by atoms with E-state index in [0.29, 0.717) is 3.28 Å². The standard InChI is InChI=1S/C3H8I2NO/c1-2-3-6(7)5-4/h6H,2-3H2,1H3/q-1. The summed E-state index contributed by atoms with van der Waals surface area (Å²) in [6, 6.07) is 0. The van der Waals surface area contributed by atoms with Crippen molar-refractivity contribution in [3.05, 3.63) is 5.21 Å². The Kier molecular flexibility index (Phi) is 6.60. The van der Waals surface area contributed by atoms with Gasteiger partial charge < -0.3 is 0 Å². The van der Waals surface area contributed by atoms with E-state index >= 15 is 0 Å². The van der Waals surface area contributed by atoms with E-state index in [0.717, 1.165) is 13.0 Å². The van der Waals surface area contributed by atoms with Crippen molar-refractivity contribution in [1.82, 2.24) is 0 Å². The molecule has 0 aromatic heterocycles. The first kappa shape index (κ1) is 8.38. The molecule has 0 fully saturated rings. The molecule has 4 heteroatoms. The molecule has 0 aromatic rings. The molecule has 0 spiro atoms. The van der Waals surface area contributed by atoms with Gasteiger partial charge in [-0.25, -0.2) is 0 Å². The van der Waals surface area contributed by atoms with Crippen molar-refractivity contribution in [3.63, 3.8) is 0 Å². The first-order valence-corrected chi connectivity index (χ1v) is 9.46. The Labute approximate surface area is 64.0 Å². The number of quaternary nitrogens is 1. The minimum atomic E-state index is -0.131. The van der Waals surface area contributed by atoms with E-state index in [1.54, 1.807) is 0 Å². The summed E-state index contributed by atoms with van der Waals surface area (Å²) in [4.78, 5) is 0. The Balaban J connectivity index is 2.83. The van der Waals surface area contributed by atoms with Crippen LogP contribution >= 0.6 is 18.6 Å². The molecule has 7 heavy (non-hydrogen) atoms. The van der Waals surface area contributed by atoms with E-state index in [2.05, 4.69) is 18.6 Å². The zero-order valence-electron chi connectivity index (χ0n) is 4.08. The Bertz CT molecular complexity index is 43.9. The molecule has 0 rings (SSSR count). The maximum absolute atomic E-state index is 10.5. The molecule has 0 bridgehead atoms. The third kappa shape index (κ3) is 5.25. The number of halogens is 2. The Morgan fingerprint density at radius 3 is 2.57 bits per heavy atom. The number of nitrogens with one attached hydrogen (secondary N) is 1. The second-order valence-electron chi connectivity index (χ2n) is 1.18.